The Bertz CT molecular complexity index is 1270. The van der Waals surface area contributed by atoms with E-state index in [0.29, 0.717) is 18.7 Å². The monoisotopic (exact) mass is 481 g/mol. The van der Waals surface area contributed by atoms with E-state index in [-0.39, 0.29) is 23.2 Å². The summed E-state index contributed by atoms with van der Waals surface area (Å²) in [4.78, 5) is 31.7. The molecule has 172 valence electrons. The molecule has 0 bridgehead atoms. The molecule has 33 heavy (non-hydrogen) atoms. The zero-order valence-electron chi connectivity index (χ0n) is 18.8. The van der Waals surface area contributed by atoms with Crippen LogP contribution in [0.2, 0.25) is 0 Å². The van der Waals surface area contributed by atoms with Gasteiger partial charge in [-0.15, -0.1) is 12.4 Å². The van der Waals surface area contributed by atoms with Crippen molar-refractivity contribution < 1.29 is 4.79 Å². The Labute approximate surface area is 204 Å². The lowest BCUT2D eigenvalue weighted by Crippen LogP contribution is -2.33. The molecule has 3 aromatic carbocycles. The molecule has 0 saturated carbocycles. The van der Waals surface area contributed by atoms with Gasteiger partial charge in [0.15, 0.2) is 0 Å². The first kappa shape index (κ1) is 24.7. The van der Waals surface area contributed by atoms with E-state index in [4.69, 9.17) is 0 Å². The summed E-state index contributed by atoms with van der Waals surface area (Å²) in [6.45, 7) is 2.17. The van der Waals surface area contributed by atoms with E-state index in [1.54, 1.807) is 0 Å². The summed E-state index contributed by atoms with van der Waals surface area (Å²) in [5.41, 5.74) is 4.79. The number of carbonyl (C=O) groups excluding carboxylic acids is 1. The number of fused-ring (bicyclic) bond motifs is 1. The van der Waals surface area contributed by atoms with Gasteiger partial charge in [-0.1, -0.05) is 53.8 Å². The fourth-order valence-corrected chi connectivity index (χ4v) is 4.56. The van der Waals surface area contributed by atoms with Crippen LogP contribution in [-0.2, 0) is 6.54 Å². The number of aromatic nitrogens is 1. The number of carbonyl (C=O) groups is 1. The molecule has 0 atom stereocenters. The molecule has 0 unspecified atom stereocenters. The van der Waals surface area contributed by atoms with Crippen LogP contribution < -0.4 is 4.87 Å². The summed E-state index contributed by atoms with van der Waals surface area (Å²) in [7, 11) is 4.09. The van der Waals surface area contributed by atoms with Gasteiger partial charge >= 0.3 is 4.87 Å². The van der Waals surface area contributed by atoms with Crippen LogP contribution in [0.3, 0.4) is 0 Å². The minimum absolute atomic E-state index is 0. The van der Waals surface area contributed by atoms with E-state index in [1.165, 1.54) is 11.3 Å². The third-order valence-corrected chi connectivity index (χ3v) is 6.24. The predicted molar refractivity (Wildman–Crippen MR) is 139 cm³/mol. The molecule has 0 radical (unpaired) electrons. The van der Waals surface area contributed by atoms with Crippen molar-refractivity contribution in [2.24, 2.45) is 0 Å². The lowest BCUT2D eigenvalue weighted by molar-refractivity contribution is 0.0737. The highest BCUT2D eigenvalue weighted by Gasteiger charge is 2.16. The van der Waals surface area contributed by atoms with Gasteiger partial charge in [0.25, 0.3) is 5.91 Å². The van der Waals surface area contributed by atoms with Crippen LogP contribution in [0.25, 0.3) is 21.3 Å². The summed E-state index contributed by atoms with van der Waals surface area (Å²) >= 11 is 1.22. The van der Waals surface area contributed by atoms with Gasteiger partial charge in [-0.3, -0.25) is 9.59 Å². The number of halogens is 1. The second-order valence-electron chi connectivity index (χ2n) is 8.18. The van der Waals surface area contributed by atoms with Crippen molar-refractivity contribution >= 4 is 39.9 Å². The first-order valence-corrected chi connectivity index (χ1v) is 11.5. The number of nitrogens with zero attached hydrogens (tertiary/aromatic N) is 2. The maximum absolute atomic E-state index is 13.2. The Kier molecular flexibility index (Phi) is 8.44. The highest BCUT2D eigenvalue weighted by Crippen LogP contribution is 2.26. The van der Waals surface area contributed by atoms with Gasteiger partial charge in [0.2, 0.25) is 0 Å². The lowest BCUT2D eigenvalue weighted by atomic mass is 10.0. The van der Waals surface area contributed by atoms with Crippen LogP contribution >= 0.6 is 23.7 Å². The highest BCUT2D eigenvalue weighted by atomic mass is 35.5. The van der Waals surface area contributed by atoms with Crippen molar-refractivity contribution in [3.63, 3.8) is 0 Å². The fraction of sp³-hybridized carbons (Fsp3) is 0.231. The Morgan fingerprint density at radius 2 is 1.67 bits per heavy atom. The lowest BCUT2D eigenvalue weighted by Gasteiger charge is -2.24. The van der Waals surface area contributed by atoms with Gasteiger partial charge < -0.3 is 14.8 Å². The Morgan fingerprint density at radius 1 is 0.909 bits per heavy atom. The number of hydrogen-bond donors (Lipinski definition) is 1. The fourth-order valence-electron chi connectivity index (χ4n) is 3.79. The van der Waals surface area contributed by atoms with Gasteiger partial charge in [0.1, 0.15) is 0 Å². The van der Waals surface area contributed by atoms with Crippen LogP contribution in [0.4, 0.5) is 0 Å². The van der Waals surface area contributed by atoms with Crippen molar-refractivity contribution in [2.75, 3.05) is 27.2 Å². The molecule has 0 spiro atoms. The zero-order valence-corrected chi connectivity index (χ0v) is 20.4. The predicted octanol–water partition coefficient (Wildman–Crippen LogP) is 5.27. The van der Waals surface area contributed by atoms with Gasteiger partial charge in [-0.2, -0.15) is 0 Å². The third kappa shape index (κ3) is 6.32. The average molecular weight is 482 g/mol. The van der Waals surface area contributed by atoms with E-state index in [9.17, 15) is 9.59 Å². The van der Waals surface area contributed by atoms with Crippen molar-refractivity contribution in [2.45, 2.75) is 13.0 Å². The third-order valence-electron chi connectivity index (χ3n) is 5.40. The molecule has 0 saturated heterocycles. The number of rotatable bonds is 8. The van der Waals surface area contributed by atoms with E-state index in [0.717, 1.165) is 39.9 Å². The highest BCUT2D eigenvalue weighted by molar-refractivity contribution is 7.16. The number of hydrogen-bond acceptors (Lipinski definition) is 4. The number of aromatic amines is 1. The van der Waals surface area contributed by atoms with Crippen molar-refractivity contribution in [3.05, 3.63) is 93.6 Å². The second kappa shape index (κ2) is 11.3. The van der Waals surface area contributed by atoms with Crippen molar-refractivity contribution in [3.8, 4) is 11.1 Å². The molecular weight excluding hydrogens is 454 g/mol. The molecule has 1 aromatic heterocycles. The normalized spacial score (nSPS) is 10.9. The van der Waals surface area contributed by atoms with E-state index in [2.05, 4.69) is 28.1 Å². The first-order valence-electron chi connectivity index (χ1n) is 10.7. The molecule has 7 heteroatoms. The number of nitrogens with one attached hydrogen (secondary N) is 1. The van der Waals surface area contributed by atoms with E-state index >= 15 is 0 Å². The van der Waals surface area contributed by atoms with Gasteiger partial charge in [0.05, 0.1) is 10.2 Å². The number of benzene rings is 3. The number of H-pyrrole nitrogens is 1. The molecule has 1 amide bonds. The summed E-state index contributed by atoms with van der Waals surface area (Å²) < 4.78 is 0.947. The largest absolute Gasteiger partial charge is 0.334 e. The summed E-state index contributed by atoms with van der Waals surface area (Å²) in [5.74, 6) is 0.0493. The zero-order chi connectivity index (χ0) is 22.5. The van der Waals surface area contributed by atoms with Crippen LogP contribution in [0.1, 0.15) is 22.3 Å². The van der Waals surface area contributed by atoms with Gasteiger partial charge in [-0.25, -0.2) is 0 Å². The molecule has 1 heterocycles. The number of amides is 1. The quantitative estimate of drug-likeness (QED) is 0.373. The molecule has 5 nitrogen and oxygen atoms in total. The summed E-state index contributed by atoms with van der Waals surface area (Å²) in [6.07, 6.45) is 0.911. The van der Waals surface area contributed by atoms with Crippen LogP contribution in [0.15, 0.2) is 77.6 Å². The first-order chi connectivity index (χ1) is 15.5. The summed E-state index contributed by atoms with van der Waals surface area (Å²) in [5, 5.41) is 0. The van der Waals surface area contributed by atoms with Gasteiger partial charge in [0, 0.05) is 18.7 Å². The second-order valence-corrected chi connectivity index (χ2v) is 9.19. The minimum atomic E-state index is -0.0429. The van der Waals surface area contributed by atoms with Crippen LogP contribution in [-0.4, -0.2) is 47.9 Å². The van der Waals surface area contributed by atoms with E-state index in [1.807, 2.05) is 73.6 Å². The molecule has 4 aromatic rings. The SMILES string of the molecule is CN(C)CCCN(Cc1cccc(-c2ccc3[nH]c(=O)sc3c2)c1)C(=O)c1ccccc1.Cl. The van der Waals surface area contributed by atoms with Crippen LogP contribution in [0.5, 0.6) is 0 Å². The van der Waals surface area contributed by atoms with Crippen molar-refractivity contribution in [1.82, 2.24) is 14.8 Å². The average Bonchev–Trinajstić information content (AvgIpc) is 3.17. The van der Waals surface area contributed by atoms with Crippen LogP contribution in [0, 0.1) is 0 Å². The minimum Gasteiger partial charge on any atom is -0.334 e. The molecule has 0 aliphatic carbocycles. The molecule has 0 fully saturated rings. The number of thiazole rings is 1. The topological polar surface area (TPSA) is 56.4 Å². The maximum Gasteiger partial charge on any atom is 0.305 e. The Hall–Kier alpha value is -2.93. The summed E-state index contributed by atoms with van der Waals surface area (Å²) in [6, 6.07) is 23.8. The van der Waals surface area contributed by atoms with Gasteiger partial charge in [-0.05, 0) is 74.1 Å². The Balaban J connectivity index is 0.00000306. The maximum atomic E-state index is 13.2. The van der Waals surface area contributed by atoms with Crippen molar-refractivity contribution in [1.29, 1.82) is 0 Å². The smallest absolute Gasteiger partial charge is 0.305 e. The molecule has 4 rings (SSSR count). The molecular formula is C26H28ClN3O2S. The standard InChI is InChI=1S/C26H27N3O2S.ClH/c1-28(2)14-7-15-29(25(30)20-9-4-3-5-10-20)18-19-8-6-11-21(16-19)22-12-13-23-24(17-22)32-26(31)27-23;/h3-6,8-13,16-17H,7,14-15,18H2,1-2H3,(H,27,31);1H. The Morgan fingerprint density at radius 3 is 2.42 bits per heavy atom. The molecule has 0 aliphatic rings. The molecule has 1 N–H and O–H groups in total. The van der Waals surface area contributed by atoms with E-state index < -0.39 is 0 Å². The molecule has 0 aliphatic heterocycles.